The van der Waals surface area contributed by atoms with E-state index in [9.17, 15) is 4.79 Å². The number of piperazine rings is 1. The molecular weight excluding hydrogens is 414 g/mol. The maximum absolute atomic E-state index is 13.5. The van der Waals surface area contributed by atoms with E-state index in [4.69, 9.17) is 4.74 Å². The summed E-state index contributed by atoms with van der Waals surface area (Å²) in [6, 6.07) is 18.6. The Kier molecular flexibility index (Phi) is 5.48. The van der Waals surface area contributed by atoms with Gasteiger partial charge in [0, 0.05) is 37.9 Å². The number of amides is 1. The highest BCUT2D eigenvalue weighted by Crippen LogP contribution is 2.40. The number of aromatic nitrogens is 2. The van der Waals surface area contributed by atoms with Crippen LogP contribution in [0.3, 0.4) is 0 Å². The first-order valence-corrected chi connectivity index (χ1v) is 11.5. The summed E-state index contributed by atoms with van der Waals surface area (Å²) in [5.41, 5.74) is 2.81. The van der Waals surface area contributed by atoms with E-state index in [0.29, 0.717) is 18.7 Å². The Morgan fingerprint density at radius 3 is 2.55 bits per heavy atom. The second-order valence-corrected chi connectivity index (χ2v) is 9.42. The molecule has 3 aromatic rings. The predicted octanol–water partition coefficient (Wildman–Crippen LogP) is 4.15. The fraction of sp³-hybridized carbons (Fsp3) is 0.385. The molecule has 172 valence electrons. The van der Waals surface area contributed by atoms with Gasteiger partial charge in [0.1, 0.15) is 17.1 Å². The lowest BCUT2D eigenvalue weighted by Crippen LogP contribution is -2.49. The highest BCUT2D eigenvalue weighted by atomic mass is 16.5. The third kappa shape index (κ3) is 4.03. The second kappa shape index (κ2) is 8.46. The third-order valence-corrected chi connectivity index (χ3v) is 6.77. The average molecular weight is 446 g/mol. The topological polar surface area (TPSA) is 62.6 Å². The van der Waals surface area contributed by atoms with Crippen molar-refractivity contribution in [3.63, 3.8) is 0 Å². The molecule has 0 bridgehead atoms. The number of benzene rings is 2. The first-order valence-electron chi connectivity index (χ1n) is 11.5. The van der Waals surface area contributed by atoms with Crippen molar-refractivity contribution >= 4 is 17.4 Å². The predicted molar refractivity (Wildman–Crippen MR) is 130 cm³/mol. The van der Waals surface area contributed by atoms with Crippen LogP contribution in [-0.2, 0) is 5.54 Å². The monoisotopic (exact) mass is 445 g/mol. The Labute approximate surface area is 195 Å². The van der Waals surface area contributed by atoms with Crippen molar-refractivity contribution in [3.05, 3.63) is 71.9 Å². The van der Waals surface area contributed by atoms with Gasteiger partial charge >= 0.3 is 0 Å². The number of ether oxygens (including phenoxy) is 1. The van der Waals surface area contributed by atoms with Crippen LogP contribution < -0.4 is 15.0 Å². The molecule has 1 aromatic heterocycles. The van der Waals surface area contributed by atoms with Crippen molar-refractivity contribution < 1.29 is 9.53 Å². The fourth-order valence-corrected chi connectivity index (χ4v) is 4.94. The van der Waals surface area contributed by atoms with Gasteiger partial charge in [-0.2, -0.15) is 5.10 Å². The smallest absolute Gasteiger partial charge is 0.259 e. The number of hydrogen-bond donors (Lipinski definition) is 1. The van der Waals surface area contributed by atoms with Crippen molar-refractivity contribution in [2.24, 2.45) is 0 Å². The van der Waals surface area contributed by atoms with Crippen LogP contribution in [-0.4, -0.2) is 53.9 Å². The number of anilines is 2. The second-order valence-electron chi connectivity index (χ2n) is 9.42. The molecule has 33 heavy (non-hydrogen) atoms. The molecule has 1 atom stereocenters. The molecule has 1 fully saturated rings. The van der Waals surface area contributed by atoms with Gasteiger partial charge in [-0.15, -0.1) is 0 Å². The summed E-state index contributed by atoms with van der Waals surface area (Å²) >= 11 is 0. The Balaban J connectivity index is 1.33. The van der Waals surface area contributed by atoms with Gasteiger partial charge < -0.3 is 19.9 Å². The first-order chi connectivity index (χ1) is 16.0. The van der Waals surface area contributed by atoms with Crippen LogP contribution in [0.2, 0.25) is 0 Å². The fourth-order valence-electron chi connectivity index (χ4n) is 4.94. The molecule has 1 N–H and O–H groups in total. The number of fused-ring (bicyclic) bond motifs is 1. The molecule has 7 heteroatoms. The van der Waals surface area contributed by atoms with Crippen molar-refractivity contribution in [2.45, 2.75) is 31.8 Å². The van der Waals surface area contributed by atoms with E-state index in [2.05, 4.69) is 59.5 Å². The summed E-state index contributed by atoms with van der Waals surface area (Å²) in [4.78, 5) is 17.8. The zero-order valence-corrected chi connectivity index (χ0v) is 19.5. The van der Waals surface area contributed by atoms with E-state index >= 15 is 0 Å². The SMILES string of the molecule is COc1cccc(N2CCN(C(=O)c3cnn4c3NC(c3ccccc3)CC4(C)C)CC2)c1. The number of nitrogens with one attached hydrogen (secondary N) is 1. The number of carbonyl (C=O) groups excluding carboxylic acids is 1. The van der Waals surface area contributed by atoms with E-state index in [1.54, 1.807) is 13.3 Å². The Bertz CT molecular complexity index is 1130. The highest BCUT2D eigenvalue weighted by molar-refractivity contribution is 5.99. The highest BCUT2D eigenvalue weighted by Gasteiger charge is 2.37. The van der Waals surface area contributed by atoms with Gasteiger partial charge in [-0.05, 0) is 38.0 Å². The lowest BCUT2D eigenvalue weighted by Gasteiger charge is -2.39. The summed E-state index contributed by atoms with van der Waals surface area (Å²) in [7, 11) is 1.68. The van der Waals surface area contributed by atoms with Crippen molar-refractivity contribution in [1.29, 1.82) is 0 Å². The van der Waals surface area contributed by atoms with Crippen molar-refractivity contribution in [2.75, 3.05) is 43.5 Å². The Morgan fingerprint density at radius 1 is 1.06 bits per heavy atom. The number of methoxy groups -OCH3 is 1. The van der Waals surface area contributed by atoms with Crippen LogP contribution in [0.15, 0.2) is 60.8 Å². The van der Waals surface area contributed by atoms with E-state index in [-0.39, 0.29) is 17.5 Å². The van der Waals surface area contributed by atoms with Gasteiger partial charge in [-0.25, -0.2) is 4.68 Å². The lowest BCUT2D eigenvalue weighted by atomic mass is 9.89. The average Bonchev–Trinajstić information content (AvgIpc) is 3.29. The molecule has 0 saturated carbocycles. The molecule has 2 aromatic carbocycles. The molecule has 0 radical (unpaired) electrons. The summed E-state index contributed by atoms with van der Waals surface area (Å²) < 4.78 is 7.34. The molecule has 1 unspecified atom stereocenters. The molecule has 3 heterocycles. The molecule has 1 saturated heterocycles. The van der Waals surface area contributed by atoms with Crippen LogP contribution in [0, 0.1) is 0 Å². The lowest BCUT2D eigenvalue weighted by molar-refractivity contribution is 0.0747. The number of hydrogen-bond acceptors (Lipinski definition) is 5. The molecule has 7 nitrogen and oxygen atoms in total. The minimum absolute atomic E-state index is 0.0403. The summed E-state index contributed by atoms with van der Waals surface area (Å²) in [5.74, 6) is 1.71. The molecular formula is C26H31N5O2. The first kappa shape index (κ1) is 21.4. The van der Waals surface area contributed by atoms with Crippen LogP contribution in [0.4, 0.5) is 11.5 Å². The van der Waals surface area contributed by atoms with E-state index in [0.717, 1.165) is 36.8 Å². The van der Waals surface area contributed by atoms with Gasteiger partial charge in [0.15, 0.2) is 0 Å². The minimum atomic E-state index is -0.190. The van der Waals surface area contributed by atoms with Crippen LogP contribution in [0.1, 0.15) is 42.2 Å². The van der Waals surface area contributed by atoms with Gasteiger partial charge in [0.05, 0.1) is 24.9 Å². The van der Waals surface area contributed by atoms with Crippen molar-refractivity contribution in [1.82, 2.24) is 14.7 Å². The largest absolute Gasteiger partial charge is 0.497 e. The standard InChI is InChI=1S/C26H31N5O2/c1-26(2)17-23(19-8-5-4-6-9-19)28-24-22(18-27-31(24)26)25(32)30-14-12-29(13-15-30)20-10-7-11-21(16-20)33-3/h4-11,16,18,23,28H,12-15,17H2,1-3H3. The Morgan fingerprint density at radius 2 is 1.82 bits per heavy atom. The van der Waals surface area contributed by atoms with Gasteiger partial charge in [0.2, 0.25) is 0 Å². The minimum Gasteiger partial charge on any atom is -0.497 e. The molecule has 2 aliphatic rings. The quantitative estimate of drug-likeness (QED) is 0.654. The number of carbonyl (C=O) groups is 1. The molecule has 1 amide bonds. The third-order valence-electron chi connectivity index (χ3n) is 6.77. The molecule has 0 spiro atoms. The van der Waals surface area contributed by atoms with E-state index in [1.807, 2.05) is 33.8 Å². The van der Waals surface area contributed by atoms with Crippen LogP contribution in [0.25, 0.3) is 0 Å². The zero-order valence-electron chi connectivity index (χ0n) is 19.5. The van der Waals surface area contributed by atoms with Crippen LogP contribution in [0.5, 0.6) is 5.75 Å². The van der Waals surface area contributed by atoms with Gasteiger partial charge in [0.25, 0.3) is 5.91 Å². The maximum Gasteiger partial charge on any atom is 0.259 e. The van der Waals surface area contributed by atoms with Crippen LogP contribution >= 0.6 is 0 Å². The number of rotatable bonds is 4. The molecule has 5 rings (SSSR count). The normalized spacial score (nSPS) is 19.5. The van der Waals surface area contributed by atoms with E-state index < -0.39 is 0 Å². The van der Waals surface area contributed by atoms with Gasteiger partial charge in [-0.3, -0.25) is 4.79 Å². The summed E-state index contributed by atoms with van der Waals surface area (Å²) in [5, 5.41) is 8.23. The Hall–Kier alpha value is -3.48. The number of nitrogens with zero attached hydrogens (tertiary/aromatic N) is 4. The summed E-state index contributed by atoms with van der Waals surface area (Å²) in [6.45, 7) is 7.28. The summed E-state index contributed by atoms with van der Waals surface area (Å²) in [6.07, 6.45) is 2.63. The maximum atomic E-state index is 13.5. The molecule has 2 aliphatic heterocycles. The zero-order chi connectivity index (χ0) is 23.0. The van der Waals surface area contributed by atoms with E-state index in [1.165, 1.54) is 5.56 Å². The van der Waals surface area contributed by atoms with Crippen molar-refractivity contribution in [3.8, 4) is 5.75 Å². The van der Waals surface area contributed by atoms with Gasteiger partial charge in [-0.1, -0.05) is 36.4 Å². The molecule has 0 aliphatic carbocycles.